The summed E-state index contributed by atoms with van der Waals surface area (Å²) in [6.07, 6.45) is 2.02. The molecule has 0 bridgehead atoms. The normalized spacial score (nSPS) is 10.7. The monoisotopic (exact) mass is 453 g/mol. The minimum Gasteiger partial charge on any atom is -0.497 e. The number of nitrogens with zero attached hydrogens (tertiary/aromatic N) is 1. The van der Waals surface area contributed by atoms with Gasteiger partial charge in [0.15, 0.2) is 11.5 Å². The van der Waals surface area contributed by atoms with Gasteiger partial charge < -0.3 is 23.7 Å². The van der Waals surface area contributed by atoms with E-state index in [1.165, 1.54) is 6.08 Å². The first-order valence-electron chi connectivity index (χ1n) is 10.5. The Bertz CT molecular complexity index is 1010. The highest BCUT2D eigenvalue weighted by Crippen LogP contribution is 2.30. The van der Waals surface area contributed by atoms with E-state index in [0.717, 1.165) is 5.75 Å². The van der Waals surface area contributed by atoms with Gasteiger partial charge in [0.05, 0.1) is 26.9 Å². The Labute approximate surface area is 193 Å². The summed E-state index contributed by atoms with van der Waals surface area (Å²) in [7, 11) is 1.59. The third-order valence-electron chi connectivity index (χ3n) is 4.27. The molecule has 0 unspecified atom stereocenters. The van der Waals surface area contributed by atoms with Crippen molar-refractivity contribution in [3.8, 4) is 29.1 Å². The van der Waals surface area contributed by atoms with Crippen molar-refractivity contribution in [1.82, 2.24) is 0 Å². The van der Waals surface area contributed by atoms with Crippen LogP contribution < -0.4 is 18.9 Å². The molecule has 0 amide bonds. The molecule has 0 aliphatic rings. The Kier molecular flexibility index (Phi) is 10.3. The molecule has 8 nitrogen and oxygen atoms in total. The highest BCUT2D eigenvalue weighted by Gasteiger charge is 2.14. The minimum atomic E-state index is -0.703. The van der Waals surface area contributed by atoms with E-state index in [4.69, 9.17) is 23.7 Å². The summed E-state index contributed by atoms with van der Waals surface area (Å²) in [6, 6.07) is 13.8. The molecule has 0 saturated heterocycles. The average Bonchev–Trinajstić information content (AvgIpc) is 2.82. The molecule has 2 aromatic carbocycles. The van der Waals surface area contributed by atoms with Gasteiger partial charge in [-0.3, -0.25) is 4.79 Å². The molecule has 0 N–H and O–H groups in total. The number of nitriles is 1. The zero-order valence-electron chi connectivity index (χ0n) is 19.0. The molecule has 0 heterocycles. The van der Waals surface area contributed by atoms with Gasteiger partial charge in [-0.2, -0.15) is 5.26 Å². The lowest BCUT2D eigenvalue weighted by Crippen LogP contribution is -2.11. The highest BCUT2D eigenvalue weighted by atomic mass is 16.6. The standard InChI is InChI=1S/C25H27NO7/c1-4-30-23-16-18(15-19(17-26)25(28)31-5-2)8-13-22(23)33-24(27)7-6-14-32-21-11-9-20(29-3)10-12-21/h8-13,15-16H,4-7,14H2,1-3H3. The van der Waals surface area contributed by atoms with E-state index < -0.39 is 11.9 Å². The summed E-state index contributed by atoms with van der Waals surface area (Å²) < 4.78 is 26.6. The minimum absolute atomic E-state index is 0.138. The zero-order chi connectivity index (χ0) is 24.1. The van der Waals surface area contributed by atoms with Gasteiger partial charge >= 0.3 is 11.9 Å². The third-order valence-corrected chi connectivity index (χ3v) is 4.27. The van der Waals surface area contributed by atoms with Gasteiger partial charge in [0, 0.05) is 6.42 Å². The van der Waals surface area contributed by atoms with Gasteiger partial charge in [0.25, 0.3) is 0 Å². The van der Waals surface area contributed by atoms with E-state index in [9.17, 15) is 14.9 Å². The molecule has 174 valence electrons. The molecule has 8 heteroatoms. The number of hydrogen-bond donors (Lipinski definition) is 0. The first kappa shape index (κ1) is 25.3. The molecule has 0 aliphatic heterocycles. The number of rotatable bonds is 12. The van der Waals surface area contributed by atoms with Crippen molar-refractivity contribution >= 4 is 18.0 Å². The molecule has 0 atom stereocenters. The van der Waals surface area contributed by atoms with Crippen molar-refractivity contribution in [2.45, 2.75) is 26.7 Å². The van der Waals surface area contributed by atoms with Crippen LogP contribution in [0, 0.1) is 11.3 Å². The number of carbonyl (C=O) groups excluding carboxylic acids is 2. The number of hydrogen-bond acceptors (Lipinski definition) is 8. The summed E-state index contributed by atoms with van der Waals surface area (Å²) in [4.78, 5) is 24.1. The number of ether oxygens (including phenoxy) is 5. The van der Waals surface area contributed by atoms with Crippen LogP contribution >= 0.6 is 0 Å². The summed E-state index contributed by atoms with van der Waals surface area (Å²) in [5, 5.41) is 9.19. The largest absolute Gasteiger partial charge is 0.497 e. The number of carbonyl (C=O) groups is 2. The quantitative estimate of drug-likeness (QED) is 0.154. The molecule has 2 aromatic rings. The molecule has 2 rings (SSSR count). The molecule has 0 spiro atoms. The van der Waals surface area contributed by atoms with E-state index >= 15 is 0 Å². The Morgan fingerprint density at radius 2 is 1.70 bits per heavy atom. The first-order valence-corrected chi connectivity index (χ1v) is 10.5. The van der Waals surface area contributed by atoms with Gasteiger partial charge in [0.2, 0.25) is 0 Å². The van der Waals surface area contributed by atoms with Gasteiger partial charge in [-0.1, -0.05) is 6.07 Å². The van der Waals surface area contributed by atoms with Crippen molar-refractivity contribution in [3.05, 3.63) is 53.6 Å². The second-order valence-electron chi connectivity index (χ2n) is 6.63. The van der Waals surface area contributed by atoms with Gasteiger partial charge in [-0.15, -0.1) is 0 Å². The molecule has 0 saturated carbocycles. The summed E-state index contributed by atoms with van der Waals surface area (Å²) >= 11 is 0. The molecule has 33 heavy (non-hydrogen) atoms. The van der Waals surface area contributed by atoms with Crippen molar-refractivity contribution < 1.29 is 33.3 Å². The lowest BCUT2D eigenvalue weighted by molar-refractivity contribution is -0.138. The molecule has 0 aliphatic carbocycles. The van der Waals surface area contributed by atoms with E-state index in [1.807, 2.05) is 6.07 Å². The number of benzene rings is 2. The lowest BCUT2D eigenvalue weighted by Gasteiger charge is -2.12. The van der Waals surface area contributed by atoms with E-state index in [0.29, 0.717) is 36.7 Å². The highest BCUT2D eigenvalue weighted by molar-refractivity contribution is 5.98. The van der Waals surface area contributed by atoms with E-state index in [-0.39, 0.29) is 24.4 Å². The van der Waals surface area contributed by atoms with Crippen LogP contribution in [0.2, 0.25) is 0 Å². The van der Waals surface area contributed by atoms with Crippen LogP contribution in [0.15, 0.2) is 48.0 Å². The van der Waals surface area contributed by atoms with Crippen molar-refractivity contribution in [2.75, 3.05) is 26.9 Å². The van der Waals surface area contributed by atoms with Crippen molar-refractivity contribution in [1.29, 1.82) is 5.26 Å². The van der Waals surface area contributed by atoms with Gasteiger partial charge in [-0.05, 0) is 68.3 Å². The second kappa shape index (κ2) is 13.4. The Hall–Kier alpha value is -3.99. The fourth-order valence-corrected chi connectivity index (χ4v) is 2.73. The average molecular weight is 453 g/mol. The maximum atomic E-state index is 12.3. The van der Waals surface area contributed by atoms with Crippen LogP contribution in [-0.2, 0) is 14.3 Å². The second-order valence-corrected chi connectivity index (χ2v) is 6.63. The van der Waals surface area contributed by atoms with Crippen molar-refractivity contribution in [3.63, 3.8) is 0 Å². The maximum absolute atomic E-state index is 12.3. The SMILES string of the molecule is CCOC(=O)C(C#N)=Cc1ccc(OC(=O)CCCOc2ccc(OC)cc2)c(OCC)c1. The maximum Gasteiger partial charge on any atom is 0.348 e. The summed E-state index contributed by atoms with van der Waals surface area (Å²) in [5.74, 6) is 0.875. The predicted molar refractivity (Wildman–Crippen MR) is 121 cm³/mol. The van der Waals surface area contributed by atoms with Crippen LogP contribution in [0.25, 0.3) is 6.08 Å². The summed E-state index contributed by atoms with van der Waals surface area (Å²) in [6.45, 7) is 4.32. The van der Waals surface area contributed by atoms with Crippen LogP contribution in [0.4, 0.5) is 0 Å². The zero-order valence-corrected chi connectivity index (χ0v) is 19.0. The van der Waals surface area contributed by atoms with E-state index in [1.54, 1.807) is 63.4 Å². The van der Waals surface area contributed by atoms with Crippen LogP contribution in [-0.4, -0.2) is 38.9 Å². The van der Waals surface area contributed by atoms with E-state index in [2.05, 4.69) is 0 Å². The predicted octanol–water partition coefficient (Wildman–Crippen LogP) is 4.33. The Morgan fingerprint density at radius 1 is 0.970 bits per heavy atom. The smallest absolute Gasteiger partial charge is 0.348 e. The molecule has 0 radical (unpaired) electrons. The number of methoxy groups -OCH3 is 1. The first-order chi connectivity index (χ1) is 16.0. The Morgan fingerprint density at radius 3 is 2.33 bits per heavy atom. The molecule has 0 aromatic heterocycles. The van der Waals surface area contributed by atoms with Crippen molar-refractivity contribution in [2.24, 2.45) is 0 Å². The fraction of sp³-hybridized carbons (Fsp3) is 0.320. The molecular formula is C25H27NO7. The molecule has 0 fully saturated rings. The van der Waals surface area contributed by atoms with Gasteiger partial charge in [-0.25, -0.2) is 4.79 Å². The Balaban J connectivity index is 1.95. The topological polar surface area (TPSA) is 104 Å². The van der Waals surface area contributed by atoms with Crippen LogP contribution in [0.3, 0.4) is 0 Å². The van der Waals surface area contributed by atoms with Crippen LogP contribution in [0.5, 0.6) is 23.0 Å². The van der Waals surface area contributed by atoms with Crippen LogP contribution in [0.1, 0.15) is 32.3 Å². The molecular weight excluding hydrogens is 426 g/mol. The van der Waals surface area contributed by atoms with Gasteiger partial charge in [0.1, 0.15) is 23.1 Å². The fourth-order valence-electron chi connectivity index (χ4n) is 2.73. The number of esters is 2. The lowest BCUT2D eigenvalue weighted by atomic mass is 10.1. The summed E-state index contributed by atoms with van der Waals surface area (Å²) in [5.41, 5.74) is 0.400. The third kappa shape index (κ3) is 8.22.